The minimum Gasteiger partial charge on any atom is -0.507 e. The molecule has 0 spiro atoms. The molecular formula is C28H32O6. The van der Waals surface area contributed by atoms with Gasteiger partial charge in [-0.2, -0.15) is 0 Å². The summed E-state index contributed by atoms with van der Waals surface area (Å²) < 4.78 is 5.93. The predicted molar refractivity (Wildman–Crippen MR) is 136 cm³/mol. The molecule has 0 bridgehead atoms. The number of hydrogen-bond donors (Lipinski definition) is 4. The van der Waals surface area contributed by atoms with Crippen molar-refractivity contribution in [2.75, 3.05) is 0 Å². The van der Waals surface area contributed by atoms with Crippen LogP contribution in [0.3, 0.4) is 0 Å². The monoisotopic (exact) mass is 464 g/mol. The van der Waals surface area contributed by atoms with E-state index in [1.165, 1.54) is 12.1 Å². The first kappa shape index (κ1) is 25.0. The Labute approximate surface area is 198 Å². The second-order valence-electron chi connectivity index (χ2n) is 9.35. The van der Waals surface area contributed by atoms with Crippen molar-refractivity contribution < 1.29 is 24.8 Å². The number of benzene rings is 2. The highest BCUT2D eigenvalue weighted by Gasteiger charge is 2.26. The zero-order valence-corrected chi connectivity index (χ0v) is 20.3. The van der Waals surface area contributed by atoms with Crippen LogP contribution in [0.1, 0.15) is 52.2 Å². The van der Waals surface area contributed by atoms with E-state index in [9.17, 15) is 25.2 Å². The van der Waals surface area contributed by atoms with Gasteiger partial charge in [0.2, 0.25) is 11.2 Å². The normalized spacial score (nSPS) is 12.0. The van der Waals surface area contributed by atoms with E-state index in [0.717, 1.165) is 16.7 Å². The Morgan fingerprint density at radius 3 is 2.15 bits per heavy atom. The third-order valence-electron chi connectivity index (χ3n) is 6.05. The summed E-state index contributed by atoms with van der Waals surface area (Å²) in [5.74, 6) is -1.59. The van der Waals surface area contributed by atoms with Crippen LogP contribution in [-0.2, 0) is 12.8 Å². The van der Waals surface area contributed by atoms with Gasteiger partial charge in [0.05, 0.1) is 5.39 Å². The average molecular weight is 465 g/mol. The van der Waals surface area contributed by atoms with Gasteiger partial charge in [-0.15, -0.1) is 0 Å². The molecule has 6 nitrogen and oxygen atoms in total. The van der Waals surface area contributed by atoms with E-state index in [4.69, 9.17) is 4.42 Å². The third-order valence-corrected chi connectivity index (χ3v) is 6.05. The van der Waals surface area contributed by atoms with E-state index in [2.05, 4.69) is 12.7 Å². The SMILES string of the molecule is C=C(C)[C@@H](CC=C(C)C)Cc1c(O)c(CC=C(C)C)c(O)c2c(=O)c3ccc(O)c(O)c3oc12. The molecule has 0 saturated carbocycles. The van der Waals surface area contributed by atoms with Crippen molar-refractivity contribution in [1.82, 2.24) is 0 Å². The van der Waals surface area contributed by atoms with Gasteiger partial charge in [-0.3, -0.25) is 4.79 Å². The summed E-state index contributed by atoms with van der Waals surface area (Å²) in [6, 6.07) is 2.53. The molecule has 3 rings (SSSR count). The Morgan fingerprint density at radius 2 is 1.56 bits per heavy atom. The van der Waals surface area contributed by atoms with Crippen LogP contribution in [0.2, 0.25) is 0 Å². The van der Waals surface area contributed by atoms with Crippen LogP contribution in [0.4, 0.5) is 0 Å². The summed E-state index contributed by atoms with van der Waals surface area (Å²) in [7, 11) is 0. The van der Waals surface area contributed by atoms with E-state index < -0.39 is 16.9 Å². The molecule has 0 saturated heterocycles. The lowest BCUT2D eigenvalue weighted by molar-refractivity contribution is 0.400. The molecule has 3 aromatic rings. The molecule has 1 heterocycles. The lowest BCUT2D eigenvalue weighted by Gasteiger charge is -2.20. The molecule has 4 N–H and O–H groups in total. The summed E-state index contributed by atoms with van der Waals surface area (Å²) >= 11 is 0. The van der Waals surface area contributed by atoms with Gasteiger partial charge in [0.15, 0.2) is 11.3 Å². The summed E-state index contributed by atoms with van der Waals surface area (Å²) in [6.45, 7) is 13.8. The van der Waals surface area contributed by atoms with E-state index in [-0.39, 0.29) is 51.3 Å². The molecule has 2 aromatic carbocycles. The molecule has 0 radical (unpaired) electrons. The van der Waals surface area contributed by atoms with Gasteiger partial charge in [-0.05, 0) is 71.9 Å². The molecule has 0 aliphatic rings. The van der Waals surface area contributed by atoms with Gasteiger partial charge in [0.1, 0.15) is 22.5 Å². The molecule has 6 heteroatoms. The molecule has 180 valence electrons. The molecule has 1 aromatic heterocycles. The molecule has 0 aliphatic heterocycles. The smallest absolute Gasteiger partial charge is 0.204 e. The van der Waals surface area contributed by atoms with E-state index in [1.54, 1.807) is 0 Å². The van der Waals surface area contributed by atoms with E-state index in [0.29, 0.717) is 18.4 Å². The summed E-state index contributed by atoms with van der Waals surface area (Å²) in [6.07, 6.45) is 5.14. The van der Waals surface area contributed by atoms with Gasteiger partial charge in [-0.25, -0.2) is 0 Å². The van der Waals surface area contributed by atoms with Crippen LogP contribution in [0.5, 0.6) is 23.0 Å². The van der Waals surface area contributed by atoms with Crippen LogP contribution >= 0.6 is 0 Å². The Morgan fingerprint density at radius 1 is 0.912 bits per heavy atom. The fourth-order valence-corrected chi connectivity index (χ4v) is 3.99. The topological polar surface area (TPSA) is 111 Å². The summed E-state index contributed by atoms with van der Waals surface area (Å²) in [5.41, 5.74) is 2.85. The van der Waals surface area contributed by atoms with Crippen LogP contribution in [-0.4, -0.2) is 20.4 Å². The van der Waals surface area contributed by atoms with Crippen LogP contribution in [0.15, 0.2) is 56.8 Å². The number of aromatic hydroxyl groups is 4. The lowest BCUT2D eigenvalue weighted by atomic mass is 9.87. The highest BCUT2D eigenvalue weighted by Crippen LogP contribution is 2.43. The molecule has 1 atom stereocenters. The van der Waals surface area contributed by atoms with Gasteiger partial charge in [-0.1, -0.05) is 35.5 Å². The van der Waals surface area contributed by atoms with Crippen molar-refractivity contribution >= 4 is 21.9 Å². The first-order valence-corrected chi connectivity index (χ1v) is 11.2. The van der Waals surface area contributed by atoms with Gasteiger partial charge in [0.25, 0.3) is 0 Å². The van der Waals surface area contributed by atoms with Gasteiger partial charge < -0.3 is 24.8 Å². The highest BCUT2D eigenvalue weighted by molar-refractivity contribution is 5.99. The van der Waals surface area contributed by atoms with E-state index >= 15 is 0 Å². The van der Waals surface area contributed by atoms with Gasteiger partial charge in [0, 0.05) is 11.1 Å². The Balaban J connectivity index is 2.43. The number of hydrogen-bond acceptors (Lipinski definition) is 6. The van der Waals surface area contributed by atoms with Crippen molar-refractivity contribution in [2.24, 2.45) is 5.92 Å². The minimum atomic E-state index is -0.573. The molecule has 0 aliphatic carbocycles. The first-order valence-electron chi connectivity index (χ1n) is 11.2. The Kier molecular flexibility index (Phi) is 7.10. The largest absolute Gasteiger partial charge is 0.507 e. The number of allylic oxidation sites excluding steroid dienone is 5. The quantitative estimate of drug-likeness (QED) is 0.184. The second-order valence-corrected chi connectivity index (χ2v) is 9.35. The highest BCUT2D eigenvalue weighted by atomic mass is 16.4. The minimum absolute atomic E-state index is 0.0159. The van der Waals surface area contributed by atoms with E-state index in [1.807, 2.05) is 40.7 Å². The average Bonchev–Trinajstić information content (AvgIpc) is 2.75. The summed E-state index contributed by atoms with van der Waals surface area (Å²) in [4.78, 5) is 13.4. The van der Waals surface area contributed by atoms with Crippen molar-refractivity contribution in [3.05, 3.63) is 68.9 Å². The van der Waals surface area contributed by atoms with Crippen molar-refractivity contribution in [3.63, 3.8) is 0 Å². The molecule has 0 amide bonds. The molecule has 0 fully saturated rings. The lowest BCUT2D eigenvalue weighted by Crippen LogP contribution is -2.10. The number of phenols is 4. The Hall–Kier alpha value is -3.67. The fourth-order valence-electron chi connectivity index (χ4n) is 3.99. The molecule has 0 unspecified atom stereocenters. The maximum atomic E-state index is 13.4. The van der Waals surface area contributed by atoms with Crippen molar-refractivity contribution in [1.29, 1.82) is 0 Å². The predicted octanol–water partition coefficient (Wildman–Crippen LogP) is 6.37. The first-order chi connectivity index (χ1) is 15.9. The van der Waals surface area contributed by atoms with Crippen LogP contribution < -0.4 is 5.43 Å². The van der Waals surface area contributed by atoms with Crippen LogP contribution in [0.25, 0.3) is 21.9 Å². The Bertz CT molecular complexity index is 1400. The van der Waals surface area contributed by atoms with Crippen molar-refractivity contribution in [3.8, 4) is 23.0 Å². The standard InChI is InChI=1S/C28H32O6/c1-14(2)7-9-17(16(5)6)13-20-23(30)18(10-8-15(3)4)24(31)22-25(32)19-11-12-21(29)26(33)28(19)34-27(20)22/h7-8,11-12,17,29-31,33H,5,9-10,13H2,1-4,6H3/t17-/m0/s1. The second kappa shape index (κ2) is 9.67. The maximum Gasteiger partial charge on any atom is 0.204 e. The maximum absolute atomic E-state index is 13.4. The third kappa shape index (κ3) is 4.67. The number of rotatable bonds is 7. The summed E-state index contributed by atoms with van der Waals surface area (Å²) in [5, 5.41) is 42.6. The molecular weight excluding hydrogens is 432 g/mol. The number of fused-ring (bicyclic) bond motifs is 2. The molecule has 34 heavy (non-hydrogen) atoms. The zero-order chi connectivity index (χ0) is 25.3. The number of phenolic OH excluding ortho intramolecular Hbond substituents is 4. The van der Waals surface area contributed by atoms with Gasteiger partial charge >= 0.3 is 0 Å². The fraction of sp³-hybridized carbons (Fsp3) is 0.321. The zero-order valence-electron chi connectivity index (χ0n) is 20.3. The van der Waals surface area contributed by atoms with Crippen LogP contribution in [0, 0.1) is 5.92 Å². The van der Waals surface area contributed by atoms with Crippen molar-refractivity contribution in [2.45, 2.75) is 53.9 Å².